The second-order valence-corrected chi connectivity index (χ2v) is 8.51. The highest BCUT2D eigenvalue weighted by Crippen LogP contribution is 2.50. The molecule has 2 heterocycles. The molecule has 27 heavy (non-hydrogen) atoms. The van der Waals surface area contributed by atoms with Gasteiger partial charge in [-0.1, -0.05) is 45.8 Å². The van der Waals surface area contributed by atoms with Gasteiger partial charge in [-0.25, -0.2) is 5.01 Å². The highest BCUT2D eigenvalue weighted by Gasteiger charge is 2.50. The molecule has 0 saturated heterocycles. The van der Waals surface area contributed by atoms with Crippen molar-refractivity contribution >= 4 is 21.6 Å². The first-order valence-electron chi connectivity index (χ1n) is 9.37. The Balaban J connectivity index is 1.64. The van der Waals surface area contributed by atoms with Gasteiger partial charge in [-0.3, -0.25) is 0 Å². The zero-order valence-electron chi connectivity index (χ0n) is 15.2. The van der Waals surface area contributed by atoms with E-state index in [1.165, 1.54) is 5.56 Å². The number of halogens is 1. The molecule has 2 aliphatic heterocycles. The molecule has 3 aliphatic rings. The van der Waals surface area contributed by atoms with Crippen LogP contribution in [0.25, 0.3) is 0 Å². The lowest BCUT2D eigenvalue weighted by Crippen LogP contribution is -2.53. The molecule has 1 N–H and O–H groups in total. The van der Waals surface area contributed by atoms with Crippen molar-refractivity contribution < 1.29 is 9.84 Å². The number of hydrogen-bond donors (Lipinski definition) is 1. The van der Waals surface area contributed by atoms with E-state index in [1.807, 2.05) is 18.2 Å². The van der Waals surface area contributed by atoms with Gasteiger partial charge in [-0.05, 0) is 37.1 Å². The summed E-state index contributed by atoms with van der Waals surface area (Å²) in [5.41, 5.74) is 3.88. The number of fused-ring (bicyclic) bond motifs is 4. The molecule has 0 fully saturated rings. The van der Waals surface area contributed by atoms with Gasteiger partial charge in [0.25, 0.3) is 0 Å². The summed E-state index contributed by atoms with van der Waals surface area (Å²) < 4.78 is 7.50. The van der Waals surface area contributed by atoms with Crippen molar-refractivity contribution in [3.05, 3.63) is 75.5 Å². The Morgan fingerprint density at radius 3 is 2.81 bits per heavy atom. The van der Waals surface area contributed by atoms with E-state index in [4.69, 9.17) is 9.84 Å². The molecule has 0 radical (unpaired) electrons. The molecule has 2 aromatic rings. The van der Waals surface area contributed by atoms with Crippen LogP contribution in [-0.2, 0) is 0 Å². The van der Waals surface area contributed by atoms with Crippen LogP contribution in [0.4, 0.5) is 0 Å². The first-order chi connectivity index (χ1) is 13.0. The minimum absolute atomic E-state index is 0.102. The molecule has 4 nitrogen and oxygen atoms in total. The van der Waals surface area contributed by atoms with Crippen LogP contribution in [0, 0.1) is 6.92 Å². The molecule has 2 atom stereocenters. The Hall–Kier alpha value is -2.27. The SMILES string of the molecule is Cc1ccc(C2=NN3C(C2)c2cc(Br)ccc2OC32C=C(O)CCC2)cc1. The summed E-state index contributed by atoms with van der Waals surface area (Å²) in [6.45, 7) is 2.09. The van der Waals surface area contributed by atoms with E-state index < -0.39 is 5.72 Å². The van der Waals surface area contributed by atoms with Gasteiger partial charge in [0.2, 0.25) is 5.72 Å². The molecule has 1 aliphatic carbocycles. The van der Waals surface area contributed by atoms with Crippen LogP contribution < -0.4 is 4.74 Å². The first kappa shape index (κ1) is 16.9. The maximum absolute atomic E-state index is 10.3. The summed E-state index contributed by atoms with van der Waals surface area (Å²) in [6.07, 6.45) is 5.08. The largest absolute Gasteiger partial charge is 0.512 e. The molecular weight excluding hydrogens is 404 g/mol. The fourth-order valence-electron chi connectivity index (χ4n) is 4.32. The Bertz CT molecular complexity index is 967. The topological polar surface area (TPSA) is 45.1 Å². The normalized spacial score (nSPS) is 26.1. The van der Waals surface area contributed by atoms with E-state index in [-0.39, 0.29) is 6.04 Å². The van der Waals surface area contributed by atoms with Gasteiger partial charge in [-0.2, -0.15) is 5.10 Å². The van der Waals surface area contributed by atoms with Crippen LogP contribution >= 0.6 is 15.9 Å². The molecule has 1 spiro atoms. The highest BCUT2D eigenvalue weighted by molar-refractivity contribution is 9.10. The number of aliphatic hydroxyl groups excluding tert-OH is 1. The van der Waals surface area contributed by atoms with Crippen LogP contribution in [0.3, 0.4) is 0 Å². The standard InChI is InChI=1S/C22H21BrN2O2/c1-14-4-6-15(7-5-14)19-12-20-18-11-16(23)8-9-21(18)27-22(25(20)24-19)10-2-3-17(26)13-22/h4-9,11,13,20,26H,2-3,10,12H2,1H3. The van der Waals surface area contributed by atoms with Gasteiger partial charge in [-0.15, -0.1) is 0 Å². The number of allylic oxidation sites excluding steroid dienone is 1. The Labute approximate surface area is 167 Å². The van der Waals surface area contributed by atoms with Gasteiger partial charge in [0.15, 0.2) is 0 Å². The Kier molecular flexibility index (Phi) is 3.83. The number of aryl methyl sites for hydroxylation is 1. The lowest BCUT2D eigenvalue weighted by Gasteiger charge is -2.47. The average molecular weight is 425 g/mol. The summed E-state index contributed by atoms with van der Waals surface area (Å²) in [7, 11) is 0. The van der Waals surface area contributed by atoms with Gasteiger partial charge in [0.05, 0.1) is 17.5 Å². The maximum Gasteiger partial charge on any atom is 0.220 e. The molecular formula is C22H21BrN2O2. The third kappa shape index (κ3) is 2.76. The summed E-state index contributed by atoms with van der Waals surface area (Å²) in [6, 6.07) is 14.8. The van der Waals surface area contributed by atoms with Crippen molar-refractivity contribution in [2.24, 2.45) is 5.10 Å². The van der Waals surface area contributed by atoms with E-state index in [9.17, 15) is 5.11 Å². The van der Waals surface area contributed by atoms with E-state index in [1.54, 1.807) is 0 Å². The van der Waals surface area contributed by atoms with E-state index >= 15 is 0 Å². The molecule has 2 unspecified atom stereocenters. The number of ether oxygens (including phenoxy) is 1. The van der Waals surface area contributed by atoms with Crippen LogP contribution in [-0.4, -0.2) is 21.6 Å². The molecule has 5 rings (SSSR count). The smallest absolute Gasteiger partial charge is 0.220 e. The number of nitrogens with zero attached hydrogens (tertiary/aromatic N) is 2. The van der Waals surface area contributed by atoms with Crippen LogP contribution in [0.2, 0.25) is 0 Å². The maximum atomic E-state index is 10.3. The number of aliphatic hydroxyl groups is 1. The fraction of sp³-hybridized carbons (Fsp3) is 0.318. The van der Waals surface area contributed by atoms with Crippen LogP contribution in [0.5, 0.6) is 5.75 Å². The zero-order chi connectivity index (χ0) is 18.6. The van der Waals surface area contributed by atoms with Crippen LogP contribution in [0.15, 0.2) is 63.9 Å². The molecule has 138 valence electrons. The first-order valence-corrected chi connectivity index (χ1v) is 10.2. The summed E-state index contributed by atoms with van der Waals surface area (Å²) >= 11 is 3.59. The van der Waals surface area contributed by atoms with Gasteiger partial charge in [0, 0.05) is 35.4 Å². The zero-order valence-corrected chi connectivity index (χ0v) is 16.7. The van der Waals surface area contributed by atoms with Crippen LogP contribution in [0.1, 0.15) is 48.4 Å². The van der Waals surface area contributed by atoms with Gasteiger partial charge < -0.3 is 9.84 Å². The van der Waals surface area contributed by atoms with Crippen molar-refractivity contribution in [1.29, 1.82) is 0 Å². The van der Waals surface area contributed by atoms with E-state index in [2.05, 4.69) is 58.2 Å². The molecule has 5 heteroatoms. The summed E-state index contributed by atoms with van der Waals surface area (Å²) in [5.74, 6) is 1.27. The number of hydrogen-bond acceptors (Lipinski definition) is 4. The van der Waals surface area contributed by atoms with Gasteiger partial charge in [0.1, 0.15) is 5.75 Å². The molecule has 0 aromatic heterocycles. The highest BCUT2D eigenvalue weighted by atomic mass is 79.9. The van der Waals surface area contributed by atoms with Crippen molar-refractivity contribution in [2.45, 2.75) is 44.4 Å². The number of rotatable bonds is 1. The summed E-state index contributed by atoms with van der Waals surface area (Å²) in [4.78, 5) is 0. The summed E-state index contributed by atoms with van der Waals surface area (Å²) in [5, 5.41) is 17.3. The molecule has 2 aromatic carbocycles. The predicted molar refractivity (Wildman–Crippen MR) is 109 cm³/mol. The van der Waals surface area contributed by atoms with Crippen molar-refractivity contribution in [3.63, 3.8) is 0 Å². The molecule has 0 amide bonds. The fourth-order valence-corrected chi connectivity index (χ4v) is 4.70. The number of hydrazone groups is 1. The minimum Gasteiger partial charge on any atom is -0.512 e. The molecule has 0 saturated carbocycles. The van der Waals surface area contributed by atoms with E-state index in [0.717, 1.165) is 46.3 Å². The number of benzene rings is 2. The monoisotopic (exact) mass is 424 g/mol. The second-order valence-electron chi connectivity index (χ2n) is 7.60. The van der Waals surface area contributed by atoms with Gasteiger partial charge >= 0.3 is 0 Å². The minimum atomic E-state index is -0.708. The van der Waals surface area contributed by atoms with Crippen molar-refractivity contribution in [3.8, 4) is 5.75 Å². The lowest BCUT2D eigenvalue weighted by atomic mass is 9.90. The van der Waals surface area contributed by atoms with Crippen molar-refractivity contribution in [2.75, 3.05) is 0 Å². The van der Waals surface area contributed by atoms with E-state index in [0.29, 0.717) is 12.2 Å². The Morgan fingerprint density at radius 1 is 1.22 bits per heavy atom. The predicted octanol–water partition coefficient (Wildman–Crippen LogP) is 5.62. The van der Waals surface area contributed by atoms with Crippen molar-refractivity contribution in [1.82, 2.24) is 5.01 Å². The quantitative estimate of drug-likeness (QED) is 0.645. The third-order valence-corrected chi connectivity index (χ3v) is 6.15. The Morgan fingerprint density at radius 2 is 2.04 bits per heavy atom. The lowest BCUT2D eigenvalue weighted by molar-refractivity contribution is -0.0944. The average Bonchev–Trinajstić information content (AvgIpc) is 3.10. The second kappa shape index (κ2) is 6.13. The molecule has 0 bridgehead atoms. The third-order valence-electron chi connectivity index (χ3n) is 5.66.